The molecule has 1 heterocycles. The molecule has 2 unspecified atom stereocenters. The Hall–Kier alpha value is 0.383. The molecular weight excluding hydrogens is 257 g/mol. The fourth-order valence-corrected chi connectivity index (χ4v) is 7.23. The van der Waals surface area contributed by atoms with E-state index in [9.17, 15) is 0 Å². The maximum atomic E-state index is 5.80. The van der Waals surface area contributed by atoms with Crippen LogP contribution in [-0.2, 0) is 15.1 Å². The molecule has 1 fully saturated rings. The van der Waals surface area contributed by atoms with E-state index < -0.39 is 14.6 Å². The second-order valence-corrected chi connectivity index (χ2v) is 8.56. The Kier molecular flexibility index (Phi) is 4.61. The summed E-state index contributed by atoms with van der Waals surface area (Å²) in [5.74, 6) is 0. The van der Waals surface area contributed by atoms with Crippen molar-refractivity contribution in [1.29, 1.82) is 0 Å². The molecule has 90 valence electrons. The van der Waals surface area contributed by atoms with Crippen molar-refractivity contribution < 1.29 is 15.1 Å². The van der Waals surface area contributed by atoms with Crippen LogP contribution in [0.2, 0.25) is 0 Å². The van der Waals surface area contributed by atoms with Crippen LogP contribution in [0.15, 0.2) is 0 Å². The molecule has 0 radical (unpaired) electrons. The van der Waals surface area contributed by atoms with Crippen molar-refractivity contribution in [3.63, 3.8) is 0 Å². The summed E-state index contributed by atoms with van der Waals surface area (Å²) in [4.78, 5) is 0. The van der Waals surface area contributed by atoms with Gasteiger partial charge >= 0.3 is 95.6 Å². The van der Waals surface area contributed by atoms with Gasteiger partial charge in [-0.2, -0.15) is 0 Å². The van der Waals surface area contributed by atoms with Crippen LogP contribution in [0.25, 0.3) is 0 Å². The van der Waals surface area contributed by atoms with Crippen LogP contribution in [0.4, 0.5) is 0 Å². The molecule has 0 spiro atoms. The number of hydrogen-bond acceptors (Lipinski definition) is 4. The van der Waals surface area contributed by atoms with Crippen molar-refractivity contribution in [2.45, 2.75) is 66.0 Å². The SMILES string of the molecule is CC(C)[O][Ge]1([O]C(C)C)[O]C(C)C(C)[O]1. The molecular formula is C10H22GeO4. The molecule has 1 rings (SSSR count). The Morgan fingerprint density at radius 2 is 1.20 bits per heavy atom. The summed E-state index contributed by atoms with van der Waals surface area (Å²) < 4.78 is 23.1. The minimum absolute atomic E-state index is 0.0579. The molecule has 4 nitrogen and oxygen atoms in total. The van der Waals surface area contributed by atoms with E-state index in [4.69, 9.17) is 15.1 Å². The first-order valence-corrected chi connectivity index (χ1v) is 8.98. The second-order valence-electron chi connectivity index (χ2n) is 4.48. The number of hydrogen-bond donors (Lipinski definition) is 0. The summed E-state index contributed by atoms with van der Waals surface area (Å²) in [6.07, 6.45) is 0.257. The molecule has 2 atom stereocenters. The third-order valence-corrected chi connectivity index (χ3v) is 8.04. The van der Waals surface area contributed by atoms with Crippen LogP contribution in [0.1, 0.15) is 41.5 Å². The first kappa shape index (κ1) is 13.4. The van der Waals surface area contributed by atoms with E-state index in [-0.39, 0.29) is 24.4 Å². The maximum absolute atomic E-state index is 5.80. The van der Waals surface area contributed by atoms with Gasteiger partial charge in [-0.1, -0.05) is 0 Å². The zero-order chi connectivity index (χ0) is 11.6. The second kappa shape index (κ2) is 5.14. The standard InChI is InChI=1S/C10H22GeO4/c1-7(2)12-11(13-8(3)4)14-9(5)10(6)15-11/h7-10H,1-6H3. The summed E-state index contributed by atoms with van der Waals surface area (Å²) in [6.45, 7) is 11.9. The van der Waals surface area contributed by atoms with E-state index in [2.05, 4.69) is 0 Å². The van der Waals surface area contributed by atoms with Gasteiger partial charge in [0.1, 0.15) is 0 Å². The van der Waals surface area contributed by atoms with E-state index in [0.29, 0.717) is 0 Å². The molecule has 0 aromatic rings. The molecule has 0 saturated carbocycles. The van der Waals surface area contributed by atoms with Crippen molar-refractivity contribution in [2.24, 2.45) is 0 Å². The first-order valence-electron chi connectivity index (χ1n) is 5.56. The van der Waals surface area contributed by atoms with Gasteiger partial charge < -0.3 is 0 Å². The first-order chi connectivity index (χ1) is 6.84. The van der Waals surface area contributed by atoms with Gasteiger partial charge in [-0.05, 0) is 0 Å². The van der Waals surface area contributed by atoms with E-state index >= 15 is 0 Å². The van der Waals surface area contributed by atoms with Crippen LogP contribution in [0.3, 0.4) is 0 Å². The molecule has 1 saturated heterocycles. The van der Waals surface area contributed by atoms with Crippen molar-refractivity contribution in [3.8, 4) is 0 Å². The van der Waals surface area contributed by atoms with Crippen LogP contribution < -0.4 is 0 Å². The van der Waals surface area contributed by atoms with Gasteiger partial charge in [0.05, 0.1) is 0 Å². The van der Waals surface area contributed by atoms with E-state index in [1.165, 1.54) is 0 Å². The normalized spacial score (nSPS) is 30.4. The van der Waals surface area contributed by atoms with Gasteiger partial charge in [0, 0.05) is 0 Å². The third-order valence-electron chi connectivity index (χ3n) is 2.08. The van der Waals surface area contributed by atoms with Gasteiger partial charge in [0.15, 0.2) is 0 Å². The van der Waals surface area contributed by atoms with Crippen LogP contribution in [0, 0.1) is 0 Å². The van der Waals surface area contributed by atoms with Gasteiger partial charge in [0.25, 0.3) is 0 Å². The third kappa shape index (κ3) is 3.71. The van der Waals surface area contributed by atoms with Gasteiger partial charge in [-0.25, -0.2) is 0 Å². The monoisotopic (exact) mass is 280 g/mol. The minimum atomic E-state index is -3.43. The van der Waals surface area contributed by atoms with Gasteiger partial charge in [-0.3, -0.25) is 0 Å². The molecule has 0 N–H and O–H groups in total. The molecule has 5 heteroatoms. The fraction of sp³-hybridized carbons (Fsp3) is 1.00. The summed E-state index contributed by atoms with van der Waals surface area (Å²) >= 11 is -3.43. The van der Waals surface area contributed by atoms with Crippen molar-refractivity contribution in [3.05, 3.63) is 0 Å². The molecule has 0 aliphatic carbocycles. The van der Waals surface area contributed by atoms with Crippen molar-refractivity contribution in [1.82, 2.24) is 0 Å². The van der Waals surface area contributed by atoms with Crippen LogP contribution in [0.5, 0.6) is 0 Å². The molecule has 1 aliphatic rings. The van der Waals surface area contributed by atoms with E-state index in [1.54, 1.807) is 0 Å². The van der Waals surface area contributed by atoms with Crippen molar-refractivity contribution >= 4 is 14.6 Å². The average molecular weight is 279 g/mol. The molecule has 15 heavy (non-hydrogen) atoms. The Balaban J connectivity index is 2.70. The Morgan fingerprint density at radius 1 is 0.867 bits per heavy atom. The summed E-state index contributed by atoms with van der Waals surface area (Å²) in [6, 6.07) is 0. The number of rotatable bonds is 4. The Bertz CT molecular complexity index is 178. The molecule has 0 aromatic heterocycles. The predicted molar refractivity (Wildman–Crippen MR) is 59.3 cm³/mol. The zero-order valence-electron chi connectivity index (χ0n) is 10.4. The molecule has 0 amide bonds. The zero-order valence-corrected chi connectivity index (χ0v) is 12.5. The predicted octanol–water partition coefficient (Wildman–Crippen LogP) is 2.10. The quantitative estimate of drug-likeness (QED) is 0.738. The Labute approximate surface area is 96.0 Å². The summed E-state index contributed by atoms with van der Waals surface area (Å²) in [5.41, 5.74) is 0. The Morgan fingerprint density at radius 3 is 1.47 bits per heavy atom. The molecule has 1 aliphatic heterocycles. The fourth-order valence-electron chi connectivity index (χ4n) is 1.39. The van der Waals surface area contributed by atoms with E-state index in [1.807, 2.05) is 41.5 Å². The summed E-state index contributed by atoms with van der Waals surface area (Å²) in [7, 11) is 0. The van der Waals surface area contributed by atoms with Crippen molar-refractivity contribution in [2.75, 3.05) is 0 Å². The average Bonchev–Trinajstić information content (AvgIpc) is 2.23. The van der Waals surface area contributed by atoms with Crippen LogP contribution in [-0.4, -0.2) is 39.0 Å². The summed E-state index contributed by atoms with van der Waals surface area (Å²) in [5, 5.41) is 0. The molecule has 0 aromatic carbocycles. The molecule has 0 bridgehead atoms. The van der Waals surface area contributed by atoms with E-state index in [0.717, 1.165) is 0 Å². The topological polar surface area (TPSA) is 36.9 Å². The van der Waals surface area contributed by atoms with Gasteiger partial charge in [0.2, 0.25) is 0 Å². The van der Waals surface area contributed by atoms with Gasteiger partial charge in [-0.15, -0.1) is 0 Å². The van der Waals surface area contributed by atoms with Crippen LogP contribution >= 0.6 is 0 Å².